The van der Waals surface area contributed by atoms with Gasteiger partial charge in [-0.25, -0.2) is 0 Å². The molecular weight excluding hydrogens is 420 g/mol. The first-order valence-electron chi connectivity index (χ1n) is 10.5. The number of carbonyl (C=O) groups is 1. The van der Waals surface area contributed by atoms with Gasteiger partial charge in [0.2, 0.25) is 0 Å². The average Bonchev–Trinajstić information content (AvgIpc) is 3.44. The fourth-order valence-corrected chi connectivity index (χ4v) is 3.94. The van der Waals surface area contributed by atoms with Crippen LogP contribution in [0.2, 0.25) is 0 Å². The van der Waals surface area contributed by atoms with Gasteiger partial charge in [0.1, 0.15) is 6.07 Å². The van der Waals surface area contributed by atoms with Gasteiger partial charge in [-0.05, 0) is 42.2 Å². The van der Waals surface area contributed by atoms with Crippen molar-refractivity contribution in [3.05, 3.63) is 69.8 Å². The van der Waals surface area contributed by atoms with Crippen molar-refractivity contribution >= 4 is 41.0 Å². The second-order valence-electron chi connectivity index (χ2n) is 7.04. The number of aromatic nitrogens is 2. The smallest absolute Gasteiger partial charge is 0.252 e. The van der Waals surface area contributed by atoms with Crippen LogP contribution < -0.4 is 16.0 Å². The molecule has 1 amide bonds. The van der Waals surface area contributed by atoms with Gasteiger partial charge in [0.05, 0.1) is 28.5 Å². The van der Waals surface area contributed by atoms with Gasteiger partial charge in [-0.3, -0.25) is 4.79 Å². The Bertz CT molecular complexity index is 1190. The molecule has 0 bridgehead atoms. The van der Waals surface area contributed by atoms with Crippen molar-refractivity contribution in [1.29, 1.82) is 5.26 Å². The zero-order valence-electron chi connectivity index (χ0n) is 18.6. The molecule has 0 atom stereocenters. The number of nitrogens with zero attached hydrogens (tertiary/aromatic N) is 3. The Balaban J connectivity index is 0.00000141. The van der Waals surface area contributed by atoms with Gasteiger partial charge in [-0.15, -0.1) is 0 Å². The van der Waals surface area contributed by atoms with Crippen molar-refractivity contribution in [2.75, 3.05) is 24.2 Å². The number of rotatable bonds is 6. The van der Waals surface area contributed by atoms with Gasteiger partial charge >= 0.3 is 0 Å². The third kappa shape index (κ3) is 4.95. The van der Waals surface area contributed by atoms with E-state index in [1.807, 2.05) is 13.8 Å². The van der Waals surface area contributed by atoms with Gasteiger partial charge in [-0.1, -0.05) is 49.8 Å². The van der Waals surface area contributed by atoms with Crippen LogP contribution in [-0.4, -0.2) is 28.2 Å². The molecule has 32 heavy (non-hydrogen) atoms. The molecule has 1 heterocycles. The molecule has 7 nitrogen and oxygen atoms in total. The molecule has 0 unspecified atom stereocenters. The summed E-state index contributed by atoms with van der Waals surface area (Å²) in [5, 5.41) is 18.6. The summed E-state index contributed by atoms with van der Waals surface area (Å²) in [4.78, 5) is 12.0. The summed E-state index contributed by atoms with van der Waals surface area (Å²) >= 11 is 1.08. The predicted octanol–water partition coefficient (Wildman–Crippen LogP) is 4.90. The fraction of sp³-hybridized carbons (Fsp3) is 0.250. The van der Waals surface area contributed by atoms with E-state index in [4.69, 9.17) is 0 Å². The summed E-state index contributed by atoms with van der Waals surface area (Å²) in [7, 11) is 1.53. The Kier molecular flexibility index (Phi) is 7.58. The Hall–Kier alpha value is -3.70. The van der Waals surface area contributed by atoms with Crippen LogP contribution >= 0.6 is 11.7 Å². The Labute approximate surface area is 192 Å². The first kappa shape index (κ1) is 23.0. The van der Waals surface area contributed by atoms with E-state index < -0.39 is 0 Å². The number of anilines is 3. The highest BCUT2D eigenvalue weighted by Gasteiger charge is 2.17. The van der Waals surface area contributed by atoms with Crippen LogP contribution in [-0.2, 0) is 6.42 Å². The van der Waals surface area contributed by atoms with Crippen LogP contribution in [0.5, 0.6) is 0 Å². The molecule has 0 radical (unpaired) electrons. The number of benzene rings is 2. The van der Waals surface area contributed by atoms with Crippen LogP contribution in [0.4, 0.5) is 17.3 Å². The zero-order valence-corrected chi connectivity index (χ0v) is 19.4. The minimum atomic E-state index is -0.312. The van der Waals surface area contributed by atoms with E-state index in [0.717, 1.165) is 18.1 Å². The lowest BCUT2D eigenvalue weighted by Gasteiger charge is -2.11. The lowest BCUT2D eigenvalue weighted by Crippen LogP contribution is -2.19. The van der Waals surface area contributed by atoms with E-state index in [9.17, 15) is 10.1 Å². The van der Waals surface area contributed by atoms with E-state index in [1.54, 1.807) is 18.2 Å². The summed E-state index contributed by atoms with van der Waals surface area (Å²) in [5.74, 6) is 0.827. The molecule has 0 fully saturated rings. The first-order valence-corrected chi connectivity index (χ1v) is 11.2. The topological polar surface area (TPSA) is 103 Å². The van der Waals surface area contributed by atoms with Crippen LogP contribution in [0, 0.1) is 18.3 Å². The largest absolute Gasteiger partial charge is 0.362 e. The van der Waals surface area contributed by atoms with Crippen molar-refractivity contribution < 1.29 is 4.79 Å². The van der Waals surface area contributed by atoms with Crippen LogP contribution in [0.15, 0.2) is 42.0 Å². The third-order valence-electron chi connectivity index (χ3n) is 4.95. The molecule has 1 aromatic heterocycles. The summed E-state index contributed by atoms with van der Waals surface area (Å²) < 4.78 is 8.64. The molecule has 1 aliphatic carbocycles. The van der Waals surface area contributed by atoms with Gasteiger partial charge in [0, 0.05) is 13.6 Å². The molecule has 1 aliphatic rings. The van der Waals surface area contributed by atoms with Crippen molar-refractivity contribution in [3.8, 4) is 6.07 Å². The molecule has 4 rings (SSSR count). The van der Waals surface area contributed by atoms with Crippen molar-refractivity contribution in [1.82, 2.24) is 14.1 Å². The molecule has 0 saturated carbocycles. The lowest BCUT2D eigenvalue weighted by molar-refractivity contribution is 0.0963. The van der Waals surface area contributed by atoms with Crippen LogP contribution in [0.3, 0.4) is 0 Å². The van der Waals surface area contributed by atoms with E-state index in [-0.39, 0.29) is 11.5 Å². The standard InChI is InChI=1S/C22H20N6OS.C2H6/c1-13-6-7-15-9-14(10-16(15)8-13)12-25-20-21(28-30-27-20)26-19-5-3-4-17(18(19)11-23)22(29)24-2;1-2/h3-8,10H,9,12H2,1-2H3,(H,24,29)(H,25,27)(H,26,28);1-2H3. The normalized spacial score (nSPS) is 11.4. The summed E-state index contributed by atoms with van der Waals surface area (Å²) in [6.07, 6.45) is 3.12. The minimum absolute atomic E-state index is 0.264. The predicted molar refractivity (Wildman–Crippen MR) is 130 cm³/mol. The van der Waals surface area contributed by atoms with Crippen molar-refractivity contribution in [3.63, 3.8) is 0 Å². The molecule has 164 valence electrons. The molecule has 0 aliphatic heterocycles. The van der Waals surface area contributed by atoms with Crippen LogP contribution in [0.1, 0.15) is 46.5 Å². The molecule has 0 saturated heterocycles. The minimum Gasteiger partial charge on any atom is -0.362 e. The van der Waals surface area contributed by atoms with E-state index in [0.29, 0.717) is 29.4 Å². The SMILES string of the molecule is CC.CNC(=O)c1cccc(Nc2nsnc2NCC2=Cc3cc(C)ccc3C2)c1C#N. The summed E-state index contributed by atoms with van der Waals surface area (Å²) in [5.41, 5.74) is 6.21. The maximum absolute atomic E-state index is 12.0. The summed E-state index contributed by atoms with van der Waals surface area (Å²) in [6.45, 7) is 6.75. The first-order chi connectivity index (χ1) is 15.6. The van der Waals surface area contributed by atoms with E-state index in [2.05, 4.69) is 62.0 Å². The number of nitrogens with one attached hydrogen (secondary N) is 3. The number of nitriles is 1. The number of fused-ring (bicyclic) bond motifs is 1. The maximum atomic E-state index is 12.0. The number of carbonyl (C=O) groups excluding carboxylic acids is 1. The number of amides is 1. The lowest BCUT2D eigenvalue weighted by atomic mass is 10.1. The van der Waals surface area contributed by atoms with Gasteiger partial charge in [-0.2, -0.15) is 14.0 Å². The number of hydrogen-bond donors (Lipinski definition) is 3. The zero-order chi connectivity index (χ0) is 23.1. The van der Waals surface area contributed by atoms with Gasteiger partial charge < -0.3 is 16.0 Å². The molecule has 8 heteroatoms. The van der Waals surface area contributed by atoms with Gasteiger partial charge in [0.25, 0.3) is 5.91 Å². The number of aryl methyl sites for hydroxylation is 1. The van der Waals surface area contributed by atoms with Gasteiger partial charge in [0.15, 0.2) is 11.6 Å². The Morgan fingerprint density at radius 2 is 1.97 bits per heavy atom. The third-order valence-corrected chi connectivity index (χ3v) is 5.48. The van der Waals surface area contributed by atoms with Crippen LogP contribution in [0.25, 0.3) is 6.08 Å². The highest BCUT2D eigenvalue weighted by atomic mass is 32.1. The Morgan fingerprint density at radius 1 is 1.19 bits per heavy atom. The average molecular weight is 447 g/mol. The molecular formula is C24H26N6OS. The second kappa shape index (κ2) is 10.6. The molecule has 0 spiro atoms. The quantitative estimate of drug-likeness (QED) is 0.498. The highest BCUT2D eigenvalue weighted by molar-refractivity contribution is 6.99. The molecule has 3 aromatic rings. The monoisotopic (exact) mass is 446 g/mol. The summed E-state index contributed by atoms with van der Waals surface area (Å²) in [6, 6.07) is 13.7. The molecule has 2 aromatic carbocycles. The van der Waals surface area contributed by atoms with Crippen molar-refractivity contribution in [2.45, 2.75) is 27.2 Å². The maximum Gasteiger partial charge on any atom is 0.252 e. The molecule has 3 N–H and O–H groups in total. The Morgan fingerprint density at radius 3 is 2.72 bits per heavy atom. The van der Waals surface area contributed by atoms with Crippen molar-refractivity contribution in [2.24, 2.45) is 0 Å². The fourth-order valence-electron chi connectivity index (χ4n) is 3.45. The number of hydrogen-bond acceptors (Lipinski definition) is 7. The van der Waals surface area contributed by atoms with E-state index in [1.165, 1.54) is 29.3 Å². The highest BCUT2D eigenvalue weighted by Crippen LogP contribution is 2.29. The second-order valence-corrected chi connectivity index (χ2v) is 7.57. The van der Waals surface area contributed by atoms with E-state index >= 15 is 0 Å².